The predicted molar refractivity (Wildman–Crippen MR) is 146 cm³/mol. The Morgan fingerprint density at radius 1 is 1.05 bits per heavy atom. The van der Waals surface area contributed by atoms with Gasteiger partial charge in [0.05, 0.1) is 23.1 Å². The molecule has 0 aliphatic carbocycles. The highest BCUT2D eigenvalue weighted by Crippen LogP contribution is 2.33. The van der Waals surface area contributed by atoms with E-state index >= 15 is 0 Å². The number of hydrogen-bond acceptors (Lipinski definition) is 5. The smallest absolute Gasteiger partial charge is 0.254 e. The van der Waals surface area contributed by atoms with Crippen molar-refractivity contribution in [2.24, 2.45) is 0 Å². The van der Waals surface area contributed by atoms with E-state index in [0.29, 0.717) is 24.5 Å². The van der Waals surface area contributed by atoms with Gasteiger partial charge in [-0.3, -0.25) is 4.79 Å². The van der Waals surface area contributed by atoms with Crippen molar-refractivity contribution in [1.82, 2.24) is 14.1 Å². The fraction of sp³-hybridized carbons (Fsp3) is 0.517. The van der Waals surface area contributed by atoms with Gasteiger partial charge in [0.25, 0.3) is 5.91 Å². The van der Waals surface area contributed by atoms with E-state index < -0.39 is 10.0 Å². The topological polar surface area (TPSA) is 70.2 Å². The zero-order valence-corrected chi connectivity index (χ0v) is 23.3. The van der Waals surface area contributed by atoms with Crippen LogP contribution in [-0.4, -0.2) is 86.5 Å². The summed E-state index contributed by atoms with van der Waals surface area (Å²) in [5.74, 6) is 1.13. The lowest BCUT2D eigenvalue weighted by atomic mass is 9.88. The van der Waals surface area contributed by atoms with E-state index in [2.05, 4.69) is 11.8 Å². The van der Waals surface area contributed by atoms with Crippen LogP contribution in [0.3, 0.4) is 0 Å². The van der Waals surface area contributed by atoms with Crippen molar-refractivity contribution in [3.63, 3.8) is 0 Å². The second kappa shape index (κ2) is 11.6. The van der Waals surface area contributed by atoms with Gasteiger partial charge in [-0.2, -0.15) is 0 Å². The number of carbonyl (C=O) groups is 1. The molecular weight excluding hydrogens is 486 g/mol. The molecule has 8 heteroatoms. The fourth-order valence-corrected chi connectivity index (χ4v) is 6.70. The first-order chi connectivity index (χ1) is 17.6. The van der Waals surface area contributed by atoms with Crippen molar-refractivity contribution >= 4 is 15.9 Å². The monoisotopic (exact) mass is 526 g/mol. The maximum absolute atomic E-state index is 13.1. The summed E-state index contributed by atoms with van der Waals surface area (Å²) < 4.78 is 33.4. The Morgan fingerprint density at radius 2 is 1.70 bits per heavy atom. The first-order valence-corrected chi connectivity index (χ1v) is 14.6. The Bertz CT molecular complexity index is 1140. The lowest BCUT2D eigenvalue weighted by Crippen LogP contribution is -2.60. The number of morpholine rings is 1. The molecule has 2 aromatic rings. The number of benzene rings is 2. The molecule has 2 saturated heterocycles. The second-order valence-corrected chi connectivity index (χ2v) is 12.9. The first kappa shape index (κ1) is 27.8. The van der Waals surface area contributed by atoms with Gasteiger partial charge in [-0.05, 0) is 61.9 Å². The fourth-order valence-electron chi connectivity index (χ4n) is 5.43. The van der Waals surface area contributed by atoms with Crippen molar-refractivity contribution in [1.29, 1.82) is 0 Å². The maximum atomic E-state index is 13.1. The van der Waals surface area contributed by atoms with Crippen LogP contribution in [0, 0.1) is 5.92 Å². The minimum absolute atomic E-state index is 0.0148. The third-order valence-corrected chi connectivity index (χ3v) is 9.19. The quantitative estimate of drug-likeness (QED) is 0.523. The molecule has 1 atom stereocenters. The minimum atomic E-state index is -3.47. The molecule has 2 aliphatic heterocycles. The van der Waals surface area contributed by atoms with Crippen LogP contribution in [0.15, 0.2) is 59.5 Å². The van der Waals surface area contributed by atoms with E-state index in [1.165, 1.54) is 4.31 Å². The summed E-state index contributed by atoms with van der Waals surface area (Å²) >= 11 is 0. The molecular formula is C29H40N3O4S. The molecule has 1 unspecified atom stereocenters. The van der Waals surface area contributed by atoms with E-state index in [0.717, 1.165) is 55.9 Å². The van der Waals surface area contributed by atoms with Crippen molar-refractivity contribution in [2.45, 2.75) is 56.6 Å². The molecule has 0 N–H and O–H groups in total. The normalized spacial score (nSPS) is 20.6. The number of nitrogens with zero attached hydrogens (tertiary/aromatic N) is 3. The first-order valence-electron chi connectivity index (χ1n) is 13.2. The molecule has 2 aromatic carbocycles. The Morgan fingerprint density at radius 3 is 2.32 bits per heavy atom. The molecule has 2 fully saturated rings. The van der Waals surface area contributed by atoms with E-state index in [1.54, 1.807) is 19.2 Å². The molecule has 0 aromatic heterocycles. The largest absolute Gasteiger partial charge is 0.368 e. The summed E-state index contributed by atoms with van der Waals surface area (Å²) in [6.45, 7) is 10.3. The van der Waals surface area contributed by atoms with Crippen LogP contribution < -0.4 is 0 Å². The van der Waals surface area contributed by atoms with Gasteiger partial charge in [0, 0.05) is 45.3 Å². The number of hydrogen-bond donors (Lipinski definition) is 0. The zero-order valence-electron chi connectivity index (χ0n) is 22.5. The van der Waals surface area contributed by atoms with Gasteiger partial charge < -0.3 is 14.5 Å². The number of amides is 1. The summed E-state index contributed by atoms with van der Waals surface area (Å²) in [6, 6.07) is 16.8. The average Bonchev–Trinajstić information content (AvgIpc) is 2.88. The highest BCUT2D eigenvalue weighted by molar-refractivity contribution is 7.89. The van der Waals surface area contributed by atoms with E-state index in [4.69, 9.17) is 4.74 Å². The number of likely N-dealkylation sites (tertiary alicyclic amines) is 1. The van der Waals surface area contributed by atoms with Crippen LogP contribution in [-0.2, 0) is 21.2 Å². The van der Waals surface area contributed by atoms with Gasteiger partial charge >= 0.3 is 0 Å². The van der Waals surface area contributed by atoms with Crippen LogP contribution in [0.25, 0.3) is 0 Å². The van der Waals surface area contributed by atoms with Gasteiger partial charge in [0.15, 0.2) is 0 Å². The third kappa shape index (κ3) is 6.79. The lowest BCUT2D eigenvalue weighted by molar-refractivity contribution is -0.161. The number of carbonyl (C=O) groups excluding carboxylic acids is 1. The summed E-state index contributed by atoms with van der Waals surface area (Å²) in [5, 5.41) is 0. The van der Waals surface area contributed by atoms with Gasteiger partial charge in [-0.1, -0.05) is 44.2 Å². The highest BCUT2D eigenvalue weighted by Gasteiger charge is 2.43. The predicted octanol–water partition coefficient (Wildman–Crippen LogP) is 3.86. The number of sulfonamides is 1. The SMILES string of the molecule is C[C](C)CN(C)S(=O)(=O)c1ccc(CCN2CCC3(CC2)CN(C(=O)c2ccccc2)CC(C)O3)cc1. The Balaban J connectivity index is 1.30. The number of piperidine rings is 1. The molecule has 201 valence electrons. The molecule has 0 saturated carbocycles. The van der Waals surface area contributed by atoms with Gasteiger partial charge in [-0.15, -0.1) is 0 Å². The molecule has 1 radical (unpaired) electrons. The molecule has 7 nitrogen and oxygen atoms in total. The maximum Gasteiger partial charge on any atom is 0.254 e. The molecule has 1 spiro atoms. The highest BCUT2D eigenvalue weighted by atomic mass is 32.2. The standard InChI is InChI=1S/C29H40N3O4S/c1-23(2)20-30(4)37(34,35)27-12-10-25(11-13-27)14-17-31-18-15-29(16-19-31)22-32(21-24(3)36-29)28(33)26-8-6-5-7-9-26/h5-13,24H,14-22H2,1-4H3. The van der Waals surface area contributed by atoms with Crippen molar-refractivity contribution in [3.05, 3.63) is 71.6 Å². The summed E-state index contributed by atoms with van der Waals surface area (Å²) in [7, 11) is -1.86. The molecule has 4 rings (SSSR count). The molecule has 37 heavy (non-hydrogen) atoms. The summed E-state index contributed by atoms with van der Waals surface area (Å²) in [5.41, 5.74) is 1.57. The molecule has 1 amide bonds. The van der Waals surface area contributed by atoms with Gasteiger partial charge in [-0.25, -0.2) is 12.7 Å². The van der Waals surface area contributed by atoms with Crippen LogP contribution in [0.5, 0.6) is 0 Å². The van der Waals surface area contributed by atoms with Crippen molar-refractivity contribution in [2.75, 3.05) is 46.3 Å². The zero-order chi connectivity index (χ0) is 26.6. The second-order valence-electron chi connectivity index (χ2n) is 10.9. The van der Waals surface area contributed by atoms with E-state index in [-0.39, 0.29) is 17.6 Å². The minimum Gasteiger partial charge on any atom is -0.368 e. The number of rotatable bonds is 8. The van der Waals surface area contributed by atoms with Gasteiger partial charge in [0.1, 0.15) is 0 Å². The number of ether oxygens (including phenoxy) is 1. The summed E-state index contributed by atoms with van der Waals surface area (Å²) in [6.07, 6.45) is 2.67. The van der Waals surface area contributed by atoms with Crippen LogP contribution in [0.4, 0.5) is 0 Å². The Labute approximate surface area is 222 Å². The van der Waals surface area contributed by atoms with Crippen LogP contribution in [0.1, 0.15) is 49.5 Å². The summed E-state index contributed by atoms with van der Waals surface area (Å²) in [4.78, 5) is 17.8. The Kier molecular flexibility index (Phi) is 8.74. The van der Waals surface area contributed by atoms with Crippen LogP contribution in [0.2, 0.25) is 0 Å². The van der Waals surface area contributed by atoms with Crippen molar-refractivity contribution < 1.29 is 17.9 Å². The molecule has 0 bridgehead atoms. The van der Waals surface area contributed by atoms with Gasteiger partial charge in [0.2, 0.25) is 10.0 Å². The van der Waals surface area contributed by atoms with Crippen molar-refractivity contribution in [3.8, 4) is 0 Å². The van der Waals surface area contributed by atoms with E-state index in [9.17, 15) is 13.2 Å². The Hall–Kier alpha value is -2.26. The lowest BCUT2D eigenvalue weighted by Gasteiger charge is -2.49. The third-order valence-electron chi connectivity index (χ3n) is 7.37. The molecule has 2 heterocycles. The van der Waals surface area contributed by atoms with Crippen LogP contribution >= 0.6 is 0 Å². The molecule has 2 aliphatic rings. The van der Waals surface area contributed by atoms with E-state index in [1.807, 2.05) is 61.2 Å². The average molecular weight is 527 g/mol.